The molecule has 0 saturated heterocycles. The summed E-state index contributed by atoms with van der Waals surface area (Å²) >= 11 is 1.24. The molecule has 0 N–H and O–H groups in total. The second-order valence-electron chi connectivity index (χ2n) is 9.11. The van der Waals surface area contributed by atoms with Gasteiger partial charge in [-0.2, -0.15) is 0 Å². The van der Waals surface area contributed by atoms with Crippen molar-refractivity contribution in [3.8, 4) is 29.6 Å². The molecule has 1 aliphatic rings. The maximum atomic E-state index is 14.1. The molecular weight excluding hydrogens is 540 g/mol. The second-order valence-corrected chi connectivity index (χ2v) is 10.1. The number of rotatable bonds is 8. The van der Waals surface area contributed by atoms with Crippen LogP contribution in [-0.4, -0.2) is 38.0 Å². The SMILES string of the molecule is C#CCOc1ccc(/C=c2\sc3n(c2=O)[C@H](c2c(OC)ccc4ccccc24)C(C(=O)OCC)=C(C)N=3)cc1OC. The number of carbonyl (C=O) groups excluding carboxylic acids is 1. The van der Waals surface area contributed by atoms with Gasteiger partial charge in [0.1, 0.15) is 18.4 Å². The molecule has 41 heavy (non-hydrogen) atoms. The van der Waals surface area contributed by atoms with Crippen molar-refractivity contribution in [2.24, 2.45) is 4.99 Å². The zero-order valence-corrected chi connectivity index (χ0v) is 23.9. The third-order valence-corrected chi connectivity index (χ3v) is 7.72. The van der Waals surface area contributed by atoms with Crippen molar-refractivity contribution in [1.29, 1.82) is 0 Å². The van der Waals surface area contributed by atoms with Crippen LogP contribution in [0.2, 0.25) is 0 Å². The van der Waals surface area contributed by atoms with E-state index < -0.39 is 12.0 Å². The Morgan fingerprint density at radius 2 is 1.85 bits per heavy atom. The van der Waals surface area contributed by atoms with E-state index in [9.17, 15) is 9.59 Å². The van der Waals surface area contributed by atoms with E-state index in [4.69, 9.17) is 25.4 Å². The first-order chi connectivity index (χ1) is 19.9. The molecule has 8 nitrogen and oxygen atoms in total. The van der Waals surface area contributed by atoms with Crippen molar-refractivity contribution in [3.63, 3.8) is 0 Å². The molecule has 1 aliphatic heterocycles. The second kappa shape index (κ2) is 11.7. The van der Waals surface area contributed by atoms with Gasteiger partial charge in [-0.15, -0.1) is 6.42 Å². The number of terminal acetylenes is 1. The highest BCUT2D eigenvalue weighted by molar-refractivity contribution is 7.07. The summed E-state index contributed by atoms with van der Waals surface area (Å²) in [5.74, 6) is 3.44. The Bertz CT molecular complexity index is 1910. The number of fused-ring (bicyclic) bond motifs is 2. The number of benzene rings is 3. The molecule has 0 saturated carbocycles. The summed E-state index contributed by atoms with van der Waals surface area (Å²) in [5.41, 5.74) is 1.88. The van der Waals surface area contributed by atoms with Gasteiger partial charge in [0.05, 0.1) is 36.6 Å². The summed E-state index contributed by atoms with van der Waals surface area (Å²) < 4.78 is 24.2. The van der Waals surface area contributed by atoms with E-state index in [1.165, 1.54) is 18.4 Å². The molecule has 5 rings (SSSR count). The summed E-state index contributed by atoms with van der Waals surface area (Å²) in [5, 5.41) is 1.80. The third kappa shape index (κ3) is 5.10. The smallest absolute Gasteiger partial charge is 0.338 e. The Balaban J connectivity index is 1.76. The summed E-state index contributed by atoms with van der Waals surface area (Å²) in [7, 11) is 3.11. The number of hydrogen-bond donors (Lipinski definition) is 0. The average molecular weight is 569 g/mol. The molecule has 3 aromatic carbocycles. The van der Waals surface area contributed by atoms with Gasteiger partial charge in [0, 0.05) is 5.56 Å². The van der Waals surface area contributed by atoms with Gasteiger partial charge < -0.3 is 18.9 Å². The molecule has 0 bridgehead atoms. The van der Waals surface area contributed by atoms with Crippen LogP contribution in [0.25, 0.3) is 16.8 Å². The fourth-order valence-electron chi connectivity index (χ4n) is 4.96. The maximum absolute atomic E-state index is 14.1. The van der Waals surface area contributed by atoms with Crippen LogP contribution in [0.1, 0.15) is 31.0 Å². The largest absolute Gasteiger partial charge is 0.496 e. The standard InChI is InChI=1S/C32H28N2O6S/c1-6-16-40-23-14-12-20(17-25(23)38-5)18-26-30(35)34-29(27(31(36)39-7-2)19(3)33-32(34)41-26)28-22-11-9-8-10-21(22)13-15-24(28)37-4/h1,8-15,17-18,29H,7,16H2,2-5H3/b26-18-/t29-/m0/s1. The molecule has 0 spiro atoms. The van der Waals surface area contributed by atoms with Gasteiger partial charge in [0.2, 0.25) is 0 Å². The number of aromatic nitrogens is 1. The van der Waals surface area contributed by atoms with Gasteiger partial charge in [-0.1, -0.05) is 53.7 Å². The van der Waals surface area contributed by atoms with Crippen molar-refractivity contribution >= 4 is 34.2 Å². The van der Waals surface area contributed by atoms with Crippen LogP contribution >= 0.6 is 11.3 Å². The maximum Gasteiger partial charge on any atom is 0.338 e. The highest BCUT2D eigenvalue weighted by Gasteiger charge is 2.36. The van der Waals surface area contributed by atoms with E-state index in [2.05, 4.69) is 10.9 Å². The molecule has 1 atom stereocenters. The number of nitrogens with zero attached hydrogens (tertiary/aromatic N) is 2. The topological polar surface area (TPSA) is 88.4 Å². The van der Waals surface area contributed by atoms with Gasteiger partial charge in [-0.25, -0.2) is 9.79 Å². The quantitative estimate of drug-likeness (QED) is 0.236. The van der Waals surface area contributed by atoms with Crippen LogP contribution in [0.4, 0.5) is 0 Å². The van der Waals surface area contributed by atoms with Crippen LogP contribution < -0.4 is 29.1 Å². The van der Waals surface area contributed by atoms with Gasteiger partial charge >= 0.3 is 5.97 Å². The number of allylic oxidation sites excluding steroid dienone is 1. The lowest BCUT2D eigenvalue weighted by Gasteiger charge is -2.27. The third-order valence-electron chi connectivity index (χ3n) is 6.74. The van der Waals surface area contributed by atoms with E-state index in [-0.39, 0.29) is 24.3 Å². The summed E-state index contributed by atoms with van der Waals surface area (Å²) in [4.78, 5) is 32.7. The lowest BCUT2D eigenvalue weighted by atomic mass is 9.90. The molecule has 0 aliphatic carbocycles. The van der Waals surface area contributed by atoms with E-state index in [1.54, 1.807) is 43.7 Å². The minimum Gasteiger partial charge on any atom is -0.496 e. The molecule has 9 heteroatoms. The molecule has 0 fully saturated rings. The molecule has 2 heterocycles. The molecule has 1 aromatic heterocycles. The number of esters is 1. The predicted octanol–water partition coefficient (Wildman–Crippen LogP) is 3.98. The first-order valence-electron chi connectivity index (χ1n) is 12.9. The Hall–Kier alpha value is -4.81. The predicted molar refractivity (Wildman–Crippen MR) is 158 cm³/mol. The highest BCUT2D eigenvalue weighted by Crippen LogP contribution is 2.40. The number of ether oxygens (including phenoxy) is 4. The fraction of sp³-hybridized carbons (Fsp3) is 0.219. The van der Waals surface area contributed by atoms with E-state index in [1.807, 2.05) is 42.5 Å². The van der Waals surface area contributed by atoms with Gasteiger partial charge in [-0.3, -0.25) is 9.36 Å². The number of thiazole rings is 1. The highest BCUT2D eigenvalue weighted by atomic mass is 32.1. The first kappa shape index (κ1) is 27.7. The van der Waals surface area contributed by atoms with Crippen LogP contribution in [0.15, 0.2) is 75.7 Å². The Kier molecular flexibility index (Phi) is 7.95. The molecule has 0 amide bonds. The van der Waals surface area contributed by atoms with Crippen molar-refractivity contribution < 1.29 is 23.7 Å². The van der Waals surface area contributed by atoms with E-state index in [0.29, 0.717) is 37.8 Å². The van der Waals surface area contributed by atoms with Crippen LogP contribution in [0, 0.1) is 12.3 Å². The van der Waals surface area contributed by atoms with Crippen molar-refractivity contribution in [1.82, 2.24) is 4.57 Å². The zero-order chi connectivity index (χ0) is 29.1. The fourth-order valence-corrected chi connectivity index (χ4v) is 6.01. The summed E-state index contributed by atoms with van der Waals surface area (Å²) in [6, 6.07) is 16.1. The number of hydrogen-bond acceptors (Lipinski definition) is 8. The van der Waals surface area contributed by atoms with Gasteiger partial charge in [0.15, 0.2) is 16.3 Å². The summed E-state index contributed by atoms with van der Waals surface area (Å²) in [6.07, 6.45) is 7.08. The van der Waals surface area contributed by atoms with Crippen molar-refractivity contribution in [2.45, 2.75) is 19.9 Å². The minimum absolute atomic E-state index is 0.105. The Morgan fingerprint density at radius 3 is 2.59 bits per heavy atom. The summed E-state index contributed by atoms with van der Waals surface area (Å²) in [6.45, 7) is 3.79. The monoisotopic (exact) mass is 568 g/mol. The Morgan fingerprint density at radius 1 is 1.10 bits per heavy atom. The Labute approximate surface area is 240 Å². The normalized spacial score (nSPS) is 14.7. The minimum atomic E-state index is -0.817. The lowest BCUT2D eigenvalue weighted by Crippen LogP contribution is -2.40. The molecule has 4 aromatic rings. The van der Waals surface area contributed by atoms with Gasteiger partial charge in [0.25, 0.3) is 5.56 Å². The molecule has 208 valence electrons. The average Bonchev–Trinajstić information content (AvgIpc) is 3.28. The van der Waals surface area contributed by atoms with Crippen LogP contribution in [0.5, 0.6) is 17.2 Å². The number of carbonyl (C=O) groups is 1. The zero-order valence-electron chi connectivity index (χ0n) is 23.1. The van der Waals surface area contributed by atoms with E-state index in [0.717, 1.165) is 16.3 Å². The van der Waals surface area contributed by atoms with Crippen molar-refractivity contribution in [2.75, 3.05) is 27.4 Å². The lowest BCUT2D eigenvalue weighted by molar-refractivity contribution is -0.139. The van der Waals surface area contributed by atoms with Gasteiger partial charge in [-0.05, 0) is 54.5 Å². The van der Waals surface area contributed by atoms with E-state index >= 15 is 0 Å². The number of methoxy groups -OCH3 is 2. The molecular formula is C32H28N2O6S. The first-order valence-corrected chi connectivity index (χ1v) is 13.7. The molecule has 0 unspecified atom stereocenters. The van der Waals surface area contributed by atoms with Crippen LogP contribution in [0.3, 0.4) is 0 Å². The van der Waals surface area contributed by atoms with Crippen LogP contribution in [-0.2, 0) is 9.53 Å². The van der Waals surface area contributed by atoms with Crippen molar-refractivity contribution in [3.05, 3.63) is 96.7 Å². The molecule has 0 radical (unpaired) electrons.